The van der Waals surface area contributed by atoms with Crippen molar-refractivity contribution < 1.29 is 9.90 Å². The zero-order valence-electron chi connectivity index (χ0n) is 11.8. The third kappa shape index (κ3) is 2.79. The van der Waals surface area contributed by atoms with Gasteiger partial charge in [-0.15, -0.1) is 0 Å². The Morgan fingerprint density at radius 3 is 2.65 bits per heavy atom. The highest BCUT2D eigenvalue weighted by Gasteiger charge is 2.15. The number of hydrogen-bond acceptors (Lipinski definition) is 3. The van der Waals surface area contributed by atoms with Crippen LogP contribution < -0.4 is 5.32 Å². The van der Waals surface area contributed by atoms with E-state index in [1.807, 2.05) is 32.9 Å². The van der Waals surface area contributed by atoms with Crippen LogP contribution in [0.3, 0.4) is 0 Å². The number of phenolic OH excluding ortho intramolecular Hbond substituents is 1. The van der Waals surface area contributed by atoms with Gasteiger partial charge in [0, 0.05) is 12.4 Å². The number of aromatic nitrogens is 1. The molecule has 0 unspecified atom stereocenters. The summed E-state index contributed by atoms with van der Waals surface area (Å²) in [6, 6.07) is 7.16. The van der Waals surface area contributed by atoms with Gasteiger partial charge in [-0.2, -0.15) is 0 Å². The summed E-state index contributed by atoms with van der Waals surface area (Å²) in [6.45, 7) is 5.84. The number of carbonyl (C=O) groups excluding carboxylic acids is 1. The standard InChI is InChI=1S/C16H18N2O2/c1-10(2)13-7-6-11(3)14(15(13)19)18-16(20)12-5-4-8-17-9-12/h4-10,19H,1-3H3,(H,18,20). The smallest absolute Gasteiger partial charge is 0.257 e. The normalized spacial score (nSPS) is 10.6. The zero-order valence-corrected chi connectivity index (χ0v) is 11.8. The summed E-state index contributed by atoms with van der Waals surface area (Å²) in [4.78, 5) is 16.1. The molecule has 0 radical (unpaired) electrons. The van der Waals surface area contributed by atoms with Gasteiger partial charge in [0.05, 0.1) is 11.3 Å². The maximum Gasteiger partial charge on any atom is 0.257 e. The summed E-state index contributed by atoms with van der Waals surface area (Å²) in [5.41, 5.74) is 2.56. The molecule has 1 aromatic heterocycles. The highest BCUT2D eigenvalue weighted by atomic mass is 16.3. The molecule has 1 heterocycles. The minimum absolute atomic E-state index is 0.136. The van der Waals surface area contributed by atoms with E-state index in [1.54, 1.807) is 18.3 Å². The molecule has 4 heteroatoms. The van der Waals surface area contributed by atoms with Gasteiger partial charge in [0.25, 0.3) is 5.91 Å². The lowest BCUT2D eigenvalue weighted by atomic mass is 9.99. The third-order valence-corrected chi connectivity index (χ3v) is 3.20. The second-order valence-electron chi connectivity index (χ2n) is 5.05. The predicted octanol–water partition coefficient (Wildman–Crippen LogP) is 3.47. The Morgan fingerprint density at radius 1 is 1.30 bits per heavy atom. The first-order chi connectivity index (χ1) is 9.50. The van der Waals surface area contributed by atoms with E-state index < -0.39 is 0 Å². The Kier molecular flexibility index (Phi) is 4.03. The van der Waals surface area contributed by atoms with Crippen LogP contribution in [0.25, 0.3) is 0 Å². The molecule has 4 nitrogen and oxygen atoms in total. The molecule has 1 amide bonds. The first kappa shape index (κ1) is 14.1. The van der Waals surface area contributed by atoms with Crippen LogP contribution in [0.1, 0.15) is 41.3 Å². The fourth-order valence-electron chi connectivity index (χ4n) is 2.01. The first-order valence-corrected chi connectivity index (χ1v) is 6.54. The van der Waals surface area contributed by atoms with Crippen molar-refractivity contribution >= 4 is 11.6 Å². The van der Waals surface area contributed by atoms with Crippen LogP contribution in [-0.2, 0) is 0 Å². The Balaban J connectivity index is 2.34. The fourth-order valence-corrected chi connectivity index (χ4v) is 2.01. The van der Waals surface area contributed by atoms with E-state index in [9.17, 15) is 9.90 Å². The first-order valence-electron chi connectivity index (χ1n) is 6.54. The van der Waals surface area contributed by atoms with Gasteiger partial charge >= 0.3 is 0 Å². The van der Waals surface area contributed by atoms with E-state index in [2.05, 4.69) is 10.3 Å². The number of aryl methyl sites for hydroxylation is 1. The molecule has 0 aliphatic carbocycles. The number of anilines is 1. The summed E-state index contributed by atoms with van der Waals surface area (Å²) >= 11 is 0. The molecule has 0 bridgehead atoms. The number of carbonyl (C=O) groups is 1. The lowest BCUT2D eigenvalue weighted by molar-refractivity contribution is 0.102. The number of aromatic hydroxyl groups is 1. The van der Waals surface area contributed by atoms with Gasteiger partial charge in [-0.1, -0.05) is 26.0 Å². The van der Waals surface area contributed by atoms with E-state index in [4.69, 9.17) is 0 Å². The van der Waals surface area contributed by atoms with Crippen molar-refractivity contribution in [3.8, 4) is 5.75 Å². The number of pyridine rings is 1. The van der Waals surface area contributed by atoms with Crippen molar-refractivity contribution in [2.75, 3.05) is 5.32 Å². The zero-order chi connectivity index (χ0) is 14.7. The van der Waals surface area contributed by atoms with E-state index >= 15 is 0 Å². The molecule has 0 saturated carbocycles. The van der Waals surface area contributed by atoms with Crippen molar-refractivity contribution in [2.45, 2.75) is 26.7 Å². The average Bonchev–Trinajstić information content (AvgIpc) is 2.43. The maximum atomic E-state index is 12.1. The highest BCUT2D eigenvalue weighted by molar-refractivity contribution is 6.05. The van der Waals surface area contributed by atoms with Crippen molar-refractivity contribution in [1.82, 2.24) is 4.98 Å². The van der Waals surface area contributed by atoms with Crippen LogP contribution in [0.15, 0.2) is 36.7 Å². The number of rotatable bonds is 3. The van der Waals surface area contributed by atoms with Crippen molar-refractivity contribution in [3.63, 3.8) is 0 Å². The van der Waals surface area contributed by atoms with Crippen LogP contribution in [0, 0.1) is 6.92 Å². The predicted molar refractivity (Wildman–Crippen MR) is 79.1 cm³/mol. The average molecular weight is 270 g/mol. The van der Waals surface area contributed by atoms with E-state index in [0.717, 1.165) is 11.1 Å². The number of benzene rings is 1. The third-order valence-electron chi connectivity index (χ3n) is 3.20. The lowest BCUT2D eigenvalue weighted by Gasteiger charge is -2.15. The van der Waals surface area contributed by atoms with Crippen molar-refractivity contribution in [2.24, 2.45) is 0 Å². The SMILES string of the molecule is Cc1ccc(C(C)C)c(O)c1NC(=O)c1cccnc1. The molecule has 0 saturated heterocycles. The van der Waals surface area contributed by atoms with Gasteiger partial charge in [-0.05, 0) is 36.1 Å². The van der Waals surface area contributed by atoms with Gasteiger partial charge in [0.15, 0.2) is 0 Å². The largest absolute Gasteiger partial charge is 0.505 e. The Bertz CT molecular complexity index is 622. The molecule has 2 rings (SSSR count). The minimum atomic E-state index is -0.280. The molecule has 20 heavy (non-hydrogen) atoms. The minimum Gasteiger partial charge on any atom is -0.505 e. The molecule has 104 valence electrons. The molecule has 0 fully saturated rings. The second kappa shape index (κ2) is 5.74. The molecular weight excluding hydrogens is 252 g/mol. The van der Waals surface area contributed by atoms with E-state index in [1.165, 1.54) is 6.20 Å². The van der Waals surface area contributed by atoms with Crippen LogP contribution in [0.4, 0.5) is 5.69 Å². The van der Waals surface area contributed by atoms with Crippen LogP contribution in [0.5, 0.6) is 5.75 Å². The number of nitrogens with zero attached hydrogens (tertiary/aromatic N) is 1. The summed E-state index contributed by atoms with van der Waals surface area (Å²) in [5, 5.41) is 13.1. The Hall–Kier alpha value is -2.36. The lowest BCUT2D eigenvalue weighted by Crippen LogP contribution is -2.13. The second-order valence-corrected chi connectivity index (χ2v) is 5.05. The topological polar surface area (TPSA) is 62.2 Å². The maximum absolute atomic E-state index is 12.1. The highest BCUT2D eigenvalue weighted by Crippen LogP contribution is 2.35. The van der Waals surface area contributed by atoms with Crippen molar-refractivity contribution in [1.29, 1.82) is 0 Å². The quantitative estimate of drug-likeness (QED) is 0.839. The number of hydrogen-bond donors (Lipinski definition) is 2. The summed E-state index contributed by atoms with van der Waals surface area (Å²) in [6.07, 6.45) is 3.10. The van der Waals surface area contributed by atoms with Crippen LogP contribution in [-0.4, -0.2) is 16.0 Å². The van der Waals surface area contributed by atoms with E-state index in [-0.39, 0.29) is 17.6 Å². The molecule has 0 atom stereocenters. The van der Waals surface area contributed by atoms with Gasteiger partial charge in [-0.3, -0.25) is 9.78 Å². The summed E-state index contributed by atoms with van der Waals surface area (Å²) in [7, 11) is 0. The number of nitrogens with one attached hydrogen (secondary N) is 1. The molecule has 0 spiro atoms. The summed E-state index contributed by atoms with van der Waals surface area (Å²) < 4.78 is 0. The molecule has 2 N–H and O–H groups in total. The molecule has 2 aromatic rings. The Morgan fingerprint density at radius 2 is 2.05 bits per heavy atom. The van der Waals surface area contributed by atoms with Gasteiger partial charge in [-0.25, -0.2) is 0 Å². The molecule has 1 aromatic carbocycles. The number of amides is 1. The van der Waals surface area contributed by atoms with Gasteiger partial charge < -0.3 is 10.4 Å². The Labute approximate surface area is 118 Å². The fraction of sp³-hybridized carbons (Fsp3) is 0.250. The van der Waals surface area contributed by atoms with Crippen LogP contribution in [0.2, 0.25) is 0 Å². The summed E-state index contributed by atoms with van der Waals surface area (Å²) in [5.74, 6) is 0.0410. The van der Waals surface area contributed by atoms with Crippen molar-refractivity contribution in [3.05, 3.63) is 53.3 Å². The van der Waals surface area contributed by atoms with Gasteiger partial charge in [0.1, 0.15) is 5.75 Å². The van der Waals surface area contributed by atoms with Gasteiger partial charge in [0.2, 0.25) is 0 Å². The molecule has 0 aliphatic heterocycles. The van der Waals surface area contributed by atoms with E-state index in [0.29, 0.717) is 11.3 Å². The van der Waals surface area contributed by atoms with Crippen LogP contribution >= 0.6 is 0 Å². The monoisotopic (exact) mass is 270 g/mol. The molecule has 0 aliphatic rings. The number of phenols is 1. The molecular formula is C16H18N2O2.